The van der Waals surface area contributed by atoms with Crippen LogP contribution in [0.5, 0.6) is 0 Å². The molecule has 3 rings (SSSR count). The second-order valence-corrected chi connectivity index (χ2v) is 8.24. The average Bonchev–Trinajstić information content (AvgIpc) is 2.72. The minimum atomic E-state index is -0.393. The standard InChI is InChI=1S/C25H30FN/c1-2-19-7-9-20(10-8-19)5-3-4-6-21-11-13-22(14-12-21)23-15-16-24(18-27)25(26)17-23/h3,5,15-17,19-22H,2,7-14H2,1H3/b5-3+/t19-,20-,21-,22-. The van der Waals surface area contributed by atoms with E-state index in [9.17, 15) is 4.39 Å². The molecule has 0 bridgehead atoms. The van der Waals surface area contributed by atoms with Crippen LogP contribution >= 0.6 is 0 Å². The van der Waals surface area contributed by atoms with Crippen LogP contribution in [-0.4, -0.2) is 0 Å². The van der Waals surface area contributed by atoms with Gasteiger partial charge in [-0.05, 0) is 92.9 Å². The topological polar surface area (TPSA) is 23.8 Å². The SMILES string of the molecule is CC[C@H]1CC[C@H](/C=C/C#C[C@H]2CC[C@H](c3ccc(C#N)c(F)c3)CC2)CC1. The van der Waals surface area contributed by atoms with Crippen LogP contribution in [0, 0.1) is 46.7 Å². The van der Waals surface area contributed by atoms with Gasteiger partial charge in [-0.1, -0.05) is 37.3 Å². The minimum absolute atomic E-state index is 0.133. The summed E-state index contributed by atoms with van der Waals surface area (Å²) in [5.41, 5.74) is 1.16. The van der Waals surface area contributed by atoms with Crippen molar-refractivity contribution < 1.29 is 4.39 Å². The average molecular weight is 364 g/mol. The summed E-state index contributed by atoms with van der Waals surface area (Å²) in [5, 5.41) is 8.85. The van der Waals surface area contributed by atoms with Gasteiger partial charge in [0.15, 0.2) is 0 Å². The molecule has 0 aromatic heterocycles. The molecule has 2 saturated carbocycles. The normalized spacial score (nSPS) is 28.3. The summed E-state index contributed by atoms with van der Waals surface area (Å²) >= 11 is 0. The smallest absolute Gasteiger partial charge is 0.141 e. The second kappa shape index (κ2) is 9.75. The Hall–Kier alpha value is -2.06. The molecule has 1 aromatic carbocycles. The van der Waals surface area contributed by atoms with Gasteiger partial charge in [-0.3, -0.25) is 0 Å². The first-order chi connectivity index (χ1) is 13.2. The molecule has 142 valence electrons. The lowest BCUT2D eigenvalue weighted by molar-refractivity contribution is 0.304. The summed E-state index contributed by atoms with van der Waals surface area (Å²) in [6, 6.07) is 6.95. The van der Waals surface area contributed by atoms with Crippen LogP contribution in [0.2, 0.25) is 0 Å². The maximum absolute atomic E-state index is 13.8. The summed E-state index contributed by atoms with van der Waals surface area (Å²) in [6.45, 7) is 2.30. The molecule has 2 aliphatic carbocycles. The van der Waals surface area contributed by atoms with Gasteiger partial charge in [0.2, 0.25) is 0 Å². The fourth-order valence-corrected chi connectivity index (χ4v) is 4.59. The van der Waals surface area contributed by atoms with Crippen LogP contribution < -0.4 is 0 Å². The molecule has 0 amide bonds. The minimum Gasteiger partial charge on any atom is -0.206 e. The van der Waals surface area contributed by atoms with Crippen LogP contribution in [0.4, 0.5) is 4.39 Å². The summed E-state index contributed by atoms with van der Waals surface area (Å²) in [7, 11) is 0. The van der Waals surface area contributed by atoms with E-state index in [-0.39, 0.29) is 5.56 Å². The van der Waals surface area contributed by atoms with Gasteiger partial charge >= 0.3 is 0 Å². The Bertz CT molecular complexity index is 745. The van der Waals surface area contributed by atoms with Crippen molar-refractivity contribution >= 4 is 0 Å². The van der Waals surface area contributed by atoms with Gasteiger partial charge < -0.3 is 0 Å². The summed E-state index contributed by atoms with van der Waals surface area (Å²) in [4.78, 5) is 0. The van der Waals surface area contributed by atoms with Gasteiger partial charge in [0, 0.05) is 5.92 Å². The van der Waals surface area contributed by atoms with E-state index >= 15 is 0 Å². The van der Waals surface area contributed by atoms with Crippen molar-refractivity contribution in [1.29, 1.82) is 5.26 Å². The summed E-state index contributed by atoms with van der Waals surface area (Å²) < 4.78 is 13.8. The number of rotatable bonds is 3. The van der Waals surface area contributed by atoms with Crippen molar-refractivity contribution in [2.75, 3.05) is 0 Å². The molecule has 2 fully saturated rings. The number of hydrogen-bond donors (Lipinski definition) is 0. The number of halogens is 1. The first kappa shape index (κ1) is 19.7. The van der Waals surface area contributed by atoms with Crippen molar-refractivity contribution in [2.24, 2.45) is 17.8 Å². The third kappa shape index (κ3) is 5.46. The van der Waals surface area contributed by atoms with E-state index in [4.69, 9.17) is 5.26 Å². The molecule has 2 heteroatoms. The Labute approximate surface area is 163 Å². The maximum Gasteiger partial charge on any atom is 0.141 e. The zero-order valence-corrected chi connectivity index (χ0v) is 16.4. The third-order valence-electron chi connectivity index (χ3n) is 6.52. The monoisotopic (exact) mass is 363 g/mol. The van der Waals surface area contributed by atoms with Crippen LogP contribution in [-0.2, 0) is 0 Å². The Balaban J connectivity index is 1.45. The first-order valence-electron chi connectivity index (χ1n) is 10.6. The molecular weight excluding hydrogens is 333 g/mol. The lowest BCUT2D eigenvalue weighted by Gasteiger charge is -2.26. The molecule has 1 aromatic rings. The first-order valence-corrected chi connectivity index (χ1v) is 10.6. The Morgan fingerprint density at radius 2 is 1.81 bits per heavy atom. The Morgan fingerprint density at radius 3 is 2.44 bits per heavy atom. The van der Waals surface area contributed by atoms with Crippen LogP contribution in [0.25, 0.3) is 0 Å². The third-order valence-corrected chi connectivity index (χ3v) is 6.52. The largest absolute Gasteiger partial charge is 0.206 e. The van der Waals surface area contributed by atoms with Crippen molar-refractivity contribution in [1.82, 2.24) is 0 Å². The quantitative estimate of drug-likeness (QED) is 0.545. The van der Waals surface area contributed by atoms with E-state index in [1.807, 2.05) is 12.1 Å². The molecule has 0 heterocycles. The highest BCUT2D eigenvalue weighted by atomic mass is 19.1. The number of nitriles is 1. The highest BCUT2D eigenvalue weighted by Gasteiger charge is 2.22. The van der Waals surface area contributed by atoms with E-state index in [0.717, 1.165) is 43.1 Å². The molecule has 0 saturated heterocycles. The van der Waals surface area contributed by atoms with Gasteiger partial charge in [-0.2, -0.15) is 5.26 Å². The molecule has 1 nitrogen and oxygen atoms in total. The highest BCUT2D eigenvalue weighted by molar-refractivity contribution is 5.35. The zero-order chi connectivity index (χ0) is 19.1. The lowest BCUT2D eigenvalue weighted by atomic mass is 9.79. The van der Waals surface area contributed by atoms with Gasteiger partial charge in [0.1, 0.15) is 11.9 Å². The number of allylic oxidation sites excluding steroid dienone is 2. The fourth-order valence-electron chi connectivity index (χ4n) is 4.59. The number of nitrogens with zero attached hydrogens (tertiary/aromatic N) is 1. The van der Waals surface area contributed by atoms with Gasteiger partial charge in [0.05, 0.1) is 5.56 Å². The van der Waals surface area contributed by atoms with Crippen molar-refractivity contribution in [3.63, 3.8) is 0 Å². The van der Waals surface area contributed by atoms with Crippen molar-refractivity contribution in [3.05, 3.63) is 47.3 Å². The second-order valence-electron chi connectivity index (χ2n) is 8.24. The molecule has 0 radical (unpaired) electrons. The van der Waals surface area contributed by atoms with Gasteiger partial charge in [-0.25, -0.2) is 4.39 Å². The number of benzene rings is 1. The predicted molar refractivity (Wildman–Crippen MR) is 108 cm³/mol. The van der Waals surface area contributed by atoms with Crippen LogP contribution in [0.1, 0.15) is 81.8 Å². The van der Waals surface area contributed by atoms with E-state index in [0.29, 0.717) is 11.8 Å². The Morgan fingerprint density at radius 1 is 1.07 bits per heavy atom. The fraction of sp³-hybridized carbons (Fsp3) is 0.560. The highest BCUT2D eigenvalue weighted by Crippen LogP contribution is 2.36. The van der Waals surface area contributed by atoms with E-state index < -0.39 is 5.82 Å². The molecule has 0 spiro atoms. The van der Waals surface area contributed by atoms with Crippen molar-refractivity contribution in [3.8, 4) is 17.9 Å². The zero-order valence-electron chi connectivity index (χ0n) is 16.4. The van der Waals surface area contributed by atoms with Gasteiger partial charge in [-0.15, -0.1) is 0 Å². The van der Waals surface area contributed by atoms with Gasteiger partial charge in [0.25, 0.3) is 0 Å². The lowest BCUT2D eigenvalue weighted by Crippen LogP contribution is -2.12. The van der Waals surface area contributed by atoms with E-state index in [1.54, 1.807) is 12.1 Å². The summed E-state index contributed by atoms with van der Waals surface area (Å²) in [5.74, 6) is 8.85. The maximum atomic E-state index is 13.8. The van der Waals surface area contributed by atoms with Crippen LogP contribution in [0.3, 0.4) is 0 Å². The van der Waals surface area contributed by atoms with Crippen LogP contribution in [0.15, 0.2) is 30.4 Å². The van der Waals surface area contributed by atoms with E-state index in [1.165, 1.54) is 32.1 Å². The predicted octanol–water partition coefficient (Wildman–Crippen LogP) is 6.75. The summed E-state index contributed by atoms with van der Waals surface area (Å²) in [6.07, 6.45) is 15.4. The molecular formula is C25H30FN. The van der Waals surface area contributed by atoms with E-state index in [2.05, 4.69) is 30.9 Å². The number of hydrogen-bond acceptors (Lipinski definition) is 1. The molecule has 0 aliphatic heterocycles. The Kier molecular flexibility index (Phi) is 7.11. The molecule has 0 unspecified atom stereocenters. The molecule has 2 aliphatic rings. The van der Waals surface area contributed by atoms with Crippen molar-refractivity contribution in [2.45, 2.75) is 70.6 Å². The molecule has 0 N–H and O–H groups in total. The molecule has 0 atom stereocenters. The molecule has 27 heavy (non-hydrogen) atoms.